The topological polar surface area (TPSA) is 79.5 Å². The second kappa shape index (κ2) is 6.59. The predicted octanol–water partition coefficient (Wildman–Crippen LogP) is 2.32. The van der Waals surface area contributed by atoms with E-state index < -0.39 is 5.97 Å². The van der Waals surface area contributed by atoms with Gasteiger partial charge in [0.25, 0.3) is 0 Å². The van der Waals surface area contributed by atoms with Gasteiger partial charge < -0.3 is 14.8 Å². The Kier molecular flexibility index (Phi) is 4.82. The summed E-state index contributed by atoms with van der Waals surface area (Å²) in [4.78, 5) is 21.9. The Morgan fingerprint density at radius 1 is 1.40 bits per heavy atom. The average molecular weight is 279 g/mol. The van der Waals surface area contributed by atoms with E-state index in [4.69, 9.17) is 9.52 Å². The molecule has 5 nitrogen and oxygen atoms in total. The smallest absolute Gasteiger partial charge is 0.303 e. The van der Waals surface area contributed by atoms with Crippen LogP contribution in [0.25, 0.3) is 0 Å². The first-order chi connectivity index (χ1) is 9.56. The van der Waals surface area contributed by atoms with Crippen LogP contribution in [-0.2, 0) is 16.0 Å². The lowest BCUT2D eigenvalue weighted by Gasteiger charge is -2.03. The molecule has 0 radical (unpaired) electrons. The van der Waals surface area contributed by atoms with E-state index in [-0.39, 0.29) is 12.3 Å². The van der Waals surface area contributed by atoms with Crippen LogP contribution in [0, 0.1) is 5.92 Å². The van der Waals surface area contributed by atoms with Gasteiger partial charge in [0.15, 0.2) is 0 Å². The van der Waals surface area contributed by atoms with Crippen molar-refractivity contribution in [1.29, 1.82) is 0 Å². The molecule has 1 heterocycles. The molecule has 2 atom stereocenters. The Labute approximate surface area is 118 Å². The fourth-order valence-corrected chi connectivity index (χ4v) is 2.24. The monoisotopic (exact) mass is 279 g/mol. The first-order valence-electron chi connectivity index (χ1n) is 7.13. The third-order valence-electron chi connectivity index (χ3n) is 3.65. The van der Waals surface area contributed by atoms with Gasteiger partial charge in [-0.25, -0.2) is 0 Å². The second-order valence-corrected chi connectivity index (χ2v) is 5.47. The van der Waals surface area contributed by atoms with Crippen LogP contribution in [0.2, 0.25) is 0 Å². The van der Waals surface area contributed by atoms with Gasteiger partial charge in [-0.15, -0.1) is 0 Å². The van der Waals surface area contributed by atoms with Gasteiger partial charge in [-0.2, -0.15) is 0 Å². The van der Waals surface area contributed by atoms with Gasteiger partial charge in [-0.1, -0.05) is 6.92 Å². The van der Waals surface area contributed by atoms with Gasteiger partial charge in [0.2, 0.25) is 5.91 Å². The fourth-order valence-electron chi connectivity index (χ4n) is 2.24. The van der Waals surface area contributed by atoms with Crippen LogP contribution in [0.3, 0.4) is 0 Å². The number of hydrogen-bond donors (Lipinski definition) is 2. The van der Waals surface area contributed by atoms with Crippen LogP contribution in [-0.4, -0.2) is 23.5 Å². The standard InChI is InChI=1S/C15H21NO4/c1-10-9-12(10)13-6-4-11(20-13)5-7-14(17)16-8-2-3-15(18)19/h4,6,10,12H,2-3,5,7-9H2,1H3,(H,16,17)(H,18,19). The molecule has 0 spiro atoms. The van der Waals surface area contributed by atoms with E-state index in [1.807, 2.05) is 12.1 Å². The van der Waals surface area contributed by atoms with E-state index in [1.165, 1.54) is 6.42 Å². The number of carboxylic acid groups (broad SMARTS) is 1. The van der Waals surface area contributed by atoms with Gasteiger partial charge in [0.1, 0.15) is 11.5 Å². The average Bonchev–Trinajstić information content (AvgIpc) is 2.95. The van der Waals surface area contributed by atoms with Crippen molar-refractivity contribution in [2.45, 2.75) is 44.9 Å². The molecule has 0 aliphatic heterocycles. The van der Waals surface area contributed by atoms with Crippen LogP contribution < -0.4 is 5.32 Å². The summed E-state index contributed by atoms with van der Waals surface area (Å²) < 4.78 is 5.73. The molecule has 1 aliphatic carbocycles. The lowest BCUT2D eigenvalue weighted by molar-refractivity contribution is -0.137. The van der Waals surface area contributed by atoms with Gasteiger partial charge in [0.05, 0.1) is 0 Å². The van der Waals surface area contributed by atoms with E-state index in [0.717, 1.165) is 11.5 Å². The van der Waals surface area contributed by atoms with Gasteiger partial charge in [0, 0.05) is 31.7 Å². The molecule has 0 bridgehead atoms. The maximum Gasteiger partial charge on any atom is 0.303 e. The molecule has 0 saturated heterocycles. The maximum absolute atomic E-state index is 11.6. The van der Waals surface area contributed by atoms with Gasteiger partial charge >= 0.3 is 5.97 Å². The molecule has 110 valence electrons. The molecule has 1 fully saturated rings. The zero-order valence-electron chi connectivity index (χ0n) is 11.7. The van der Waals surface area contributed by atoms with Crippen molar-refractivity contribution in [2.75, 3.05) is 6.54 Å². The second-order valence-electron chi connectivity index (χ2n) is 5.47. The highest BCUT2D eigenvalue weighted by Crippen LogP contribution is 2.47. The van der Waals surface area contributed by atoms with Crippen molar-refractivity contribution >= 4 is 11.9 Å². The summed E-state index contributed by atoms with van der Waals surface area (Å²) in [5.41, 5.74) is 0. The minimum Gasteiger partial charge on any atom is -0.481 e. The summed E-state index contributed by atoms with van der Waals surface area (Å²) in [6.45, 7) is 2.62. The van der Waals surface area contributed by atoms with Crippen molar-refractivity contribution in [3.05, 3.63) is 23.7 Å². The number of carbonyl (C=O) groups excluding carboxylic acids is 1. The number of rotatable bonds is 8. The summed E-state index contributed by atoms with van der Waals surface area (Å²) in [6, 6.07) is 3.95. The molecule has 20 heavy (non-hydrogen) atoms. The van der Waals surface area contributed by atoms with Crippen LogP contribution in [0.4, 0.5) is 0 Å². The Balaban J connectivity index is 1.63. The van der Waals surface area contributed by atoms with Crippen LogP contribution >= 0.6 is 0 Å². The highest BCUT2D eigenvalue weighted by molar-refractivity contribution is 5.76. The Hall–Kier alpha value is -1.78. The van der Waals surface area contributed by atoms with Crippen LogP contribution in [0.1, 0.15) is 50.0 Å². The summed E-state index contributed by atoms with van der Waals surface area (Å²) in [5, 5.41) is 11.2. The molecule has 0 aromatic carbocycles. The number of aliphatic carboxylic acids is 1. The van der Waals surface area contributed by atoms with Crippen LogP contribution in [0.15, 0.2) is 16.5 Å². The molecule has 5 heteroatoms. The first-order valence-corrected chi connectivity index (χ1v) is 7.13. The molecule has 2 N–H and O–H groups in total. The quantitative estimate of drug-likeness (QED) is 0.716. The van der Waals surface area contributed by atoms with E-state index >= 15 is 0 Å². The molecule has 1 amide bonds. The Morgan fingerprint density at radius 2 is 2.15 bits per heavy atom. The largest absolute Gasteiger partial charge is 0.481 e. The van der Waals surface area contributed by atoms with Crippen molar-refractivity contribution < 1.29 is 19.1 Å². The van der Waals surface area contributed by atoms with E-state index in [9.17, 15) is 9.59 Å². The highest BCUT2D eigenvalue weighted by Gasteiger charge is 2.36. The van der Waals surface area contributed by atoms with Crippen molar-refractivity contribution in [1.82, 2.24) is 5.32 Å². The molecule has 2 unspecified atom stereocenters. The highest BCUT2D eigenvalue weighted by atomic mass is 16.4. The number of furan rings is 1. The number of amides is 1. The minimum atomic E-state index is -0.836. The third-order valence-corrected chi connectivity index (χ3v) is 3.65. The molecular weight excluding hydrogens is 258 g/mol. The molecule has 2 rings (SSSR count). The SMILES string of the molecule is CC1CC1c1ccc(CCC(=O)NCCCC(=O)O)o1. The summed E-state index contributed by atoms with van der Waals surface area (Å²) in [5.74, 6) is 2.26. The zero-order chi connectivity index (χ0) is 14.5. The fraction of sp³-hybridized carbons (Fsp3) is 0.600. The number of hydrogen-bond acceptors (Lipinski definition) is 3. The third kappa shape index (κ3) is 4.40. The molecule has 1 aromatic rings. The summed E-state index contributed by atoms with van der Waals surface area (Å²) in [7, 11) is 0. The molecule has 1 aliphatic rings. The van der Waals surface area contributed by atoms with Crippen LogP contribution in [0.5, 0.6) is 0 Å². The molecule has 1 aromatic heterocycles. The Bertz CT molecular complexity index is 480. The van der Waals surface area contributed by atoms with Crippen molar-refractivity contribution in [3.8, 4) is 0 Å². The first kappa shape index (κ1) is 14.6. The maximum atomic E-state index is 11.6. The van der Waals surface area contributed by atoms with E-state index in [2.05, 4.69) is 12.2 Å². The van der Waals surface area contributed by atoms with E-state index in [0.29, 0.717) is 37.6 Å². The summed E-state index contributed by atoms with van der Waals surface area (Å²) in [6.07, 6.45) is 2.70. The lowest BCUT2D eigenvalue weighted by Crippen LogP contribution is -2.25. The molecular formula is C15H21NO4. The van der Waals surface area contributed by atoms with Crippen molar-refractivity contribution in [3.63, 3.8) is 0 Å². The number of carbonyl (C=O) groups is 2. The lowest BCUT2D eigenvalue weighted by atomic mass is 10.2. The van der Waals surface area contributed by atoms with Gasteiger partial charge in [-0.3, -0.25) is 9.59 Å². The molecule has 1 saturated carbocycles. The number of carboxylic acids is 1. The van der Waals surface area contributed by atoms with E-state index in [1.54, 1.807) is 0 Å². The normalized spacial score (nSPS) is 20.6. The van der Waals surface area contributed by atoms with Crippen molar-refractivity contribution in [2.24, 2.45) is 5.92 Å². The zero-order valence-corrected chi connectivity index (χ0v) is 11.7. The van der Waals surface area contributed by atoms with Gasteiger partial charge in [-0.05, 0) is 30.9 Å². The summed E-state index contributed by atoms with van der Waals surface area (Å²) >= 11 is 0. The Morgan fingerprint density at radius 3 is 2.80 bits per heavy atom. The minimum absolute atomic E-state index is 0.0619. The number of nitrogens with one attached hydrogen (secondary N) is 1. The predicted molar refractivity (Wildman–Crippen MR) is 73.4 cm³/mol. The number of aryl methyl sites for hydroxylation is 1.